The predicted molar refractivity (Wildman–Crippen MR) is 225 cm³/mol. The molecule has 10 atom stereocenters. The normalized spacial score (nSPS) is 19.3. The van der Waals surface area contributed by atoms with E-state index in [-0.39, 0.29) is 37.1 Å². The fraction of sp³-hybridized carbons (Fsp3) is 0.659. The number of nitrogens with two attached hydrogens (primary N) is 1. The molecule has 21 heteroatoms. The van der Waals surface area contributed by atoms with Gasteiger partial charge >= 0.3 is 5.97 Å². The van der Waals surface area contributed by atoms with E-state index in [1.165, 1.54) is 7.11 Å². The van der Waals surface area contributed by atoms with E-state index < -0.39 is 116 Å². The molecule has 10 N–H and O–H groups in total. The number of carbonyl (C=O) groups is 8. The van der Waals surface area contributed by atoms with Crippen LogP contribution < -0.4 is 47.4 Å². The minimum atomic E-state index is -4.74. The molecule has 1 aromatic rings. The topological polar surface area (TPSA) is 309 Å². The summed E-state index contributed by atoms with van der Waals surface area (Å²) in [5, 5.41) is 24.8. The van der Waals surface area contributed by atoms with Gasteiger partial charge in [-0.25, -0.2) is 4.79 Å². The number of amides is 7. The van der Waals surface area contributed by atoms with Gasteiger partial charge in [-0.3, -0.25) is 33.6 Å². The van der Waals surface area contributed by atoms with Crippen LogP contribution in [0.4, 0.5) is 0 Å². The maximum Gasteiger partial charge on any atom is 0.328 e. The summed E-state index contributed by atoms with van der Waals surface area (Å²) in [6.45, 7) is 11.2. The van der Waals surface area contributed by atoms with Crippen LogP contribution >= 0.6 is 7.37 Å². The smallest absolute Gasteiger partial charge is 0.328 e. The minimum Gasteiger partial charge on any atom is -0.794 e. The van der Waals surface area contributed by atoms with Crippen molar-refractivity contribution in [3.8, 4) is 0 Å². The average Bonchev–Trinajstić information content (AvgIpc) is 3.66. The highest BCUT2D eigenvalue weighted by atomic mass is 31.2. The number of aliphatic hydroxyl groups excluding tert-OH is 1. The molecule has 0 spiro atoms. The summed E-state index contributed by atoms with van der Waals surface area (Å²) in [5.74, 6) is -8.73. The van der Waals surface area contributed by atoms with Crippen molar-refractivity contribution in [1.82, 2.24) is 31.9 Å². The van der Waals surface area contributed by atoms with Gasteiger partial charge < -0.3 is 61.8 Å². The quantitative estimate of drug-likeness (QED) is 0.0365. The van der Waals surface area contributed by atoms with Gasteiger partial charge in [0.15, 0.2) is 6.04 Å². The standard InChI is InChI=1S/C41H67N8O12P/c1-9-25(6)35(40(57)47-34(24(4)5)41(58)61-8)48-39(56)31-16-13-17-49(31)22-62(59,60)33(19-27-14-11-10-12-15-27)46-37(54)29(20-32(42)52)45-36(53)28(18-23(2)3)44-38(55)30(21-50)43-26(7)51/h10-12,14-15,23-25,28-31,33-35,50H,9,13,16-22H2,1-8H3,(H2,42,52)(H,43,51)(H,44,55)(H,45,53)(H,46,54)(H,47,57)(H,48,56)(H,59,60)/t25-,28-,29-,30-,31-,33?,34-,35-/m0/s1. The first-order valence-electron chi connectivity index (χ1n) is 21.0. The molecule has 0 radical (unpaired) electrons. The van der Waals surface area contributed by atoms with Crippen LogP contribution in [0.1, 0.15) is 86.1 Å². The highest BCUT2D eigenvalue weighted by Gasteiger charge is 2.42. The van der Waals surface area contributed by atoms with E-state index in [9.17, 15) is 52.9 Å². The Bertz CT molecular complexity index is 1770. The first-order chi connectivity index (χ1) is 29.0. The van der Waals surface area contributed by atoms with E-state index in [4.69, 9.17) is 10.5 Å². The molecule has 0 bridgehead atoms. The third-order valence-corrected chi connectivity index (χ3v) is 12.9. The number of primary amides is 1. The molecular weight excluding hydrogens is 827 g/mol. The molecule has 1 aliphatic rings. The van der Waals surface area contributed by atoms with Gasteiger partial charge in [-0.2, -0.15) is 0 Å². The summed E-state index contributed by atoms with van der Waals surface area (Å²) in [6, 6.07) is 1.11. The number of carbonyl (C=O) groups excluding carboxylic acids is 8. The molecule has 3 unspecified atom stereocenters. The molecule has 1 saturated heterocycles. The maximum absolute atomic E-state index is 14.4. The zero-order chi connectivity index (χ0) is 46.9. The Morgan fingerprint density at radius 2 is 1.45 bits per heavy atom. The van der Waals surface area contributed by atoms with E-state index in [0.717, 1.165) is 6.92 Å². The third kappa shape index (κ3) is 16.8. The molecule has 0 saturated carbocycles. The minimum absolute atomic E-state index is 0.0369. The van der Waals surface area contributed by atoms with E-state index in [2.05, 4.69) is 31.9 Å². The Kier molecular flexibility index (Phi) is 21.7. The molecule has 20 nitrogen and oxygen atoms in total. The van der Waals surface area contributed by atoms with Gasteiger partial charge in [0.25, 0.3) is 5.91 Å². The molecular formula is C41H67N8O12P. The number of likely N-dealkylation sites (tertiary alicyclic amines) is 1. The number of aliphatic hydroxyl groups is 1. The summed E-state index contributed by atoms with van der Waals surface area (Å²) in [6.07, 6.45) is -0.243. The first kappa shape index (κ1) is 53.2. The second-order valence-electron chi connectivity index (χ2n) is 16.7. The summed E-state index contributed by atoms with van der Waals surface area (Å²) < 4.78 is 19.3. The van der Waals surface area contributed by atoms with Crippen molar-refractivity contribution in [3.05, 3.63) is 35.9 Å². The van der Waals surface area contributed by atoms with Gasteiger partial charge in [0.2, 0.25) is 35.4 Å². The number of nitrogens with one attached hydrogen (secondary N) is 7. The lowest BCUT2D eigenvalue weighted by atomic mass is 9.96. The van der Waals surface area contributed by atoms with Crippen molar-refractivity contribution in [2.75, 3.05) is 26.5 Å². The molecule has 7 amide bonds. The number of hydrogen-bond donors (Lipinski definition) is 9. The lowest BCUT2D eigenvalue weighted by Gasteiger charge is -2.36. The Labute approximate surface area is 363 Å². The summed E-state index contributed by atoms with van der Waals surface area (Å²) in [5.41, 5.74) is 6.00. The van der Waals surface area contributed by atoms with Crippen LogP contribution in [0.15, 0.2) is 30.3 Å². The van der Waals surface area contributed by atoms with Crippen LogP contribution in [0.5, 0.6) is 0 Å². The molecule has 62 heavy (non-hydrogen) atoms. The van der Waals surface area contributed by atoms with Crippen LogP contribution in [0.2, 0.25) is 0 Å². The monoisotopic (exact) mass is 894 g/mol. The zero-order valence-corrected chi connectivity index (χ0v) is 37.9. The molecule has 0 aliphatic carbocycles. The molecule has 1 aliphatic heterocycles. The number of rotatable bonds is 25. The second-order valence-corrected chi connectivity index (χ2v) is 19.1. The van der Waals surface area contributed by atoms with Gasteiger partial charge in [-0.1, -0.05) is 78.3 Å². The van der Waals surface area contributed by atoms with Gasteiger partial charge in [0, 0.05) is 19.8 Å². The van der Waals surface area contributed by atoms with Crippen molar-refractivity contribution in [1.29, 1.82) is 0 Å². The maximum atomic E-state index is 14.4. The largest absolute Gasteiger partial charge is 0.794 e. The number of methoxy groups -OCH3 is 1. The van der Waals surface area contributed by atoms with Crippen molar-refractivity contribution in [3.63, 3.8) is 0 Å². The Morgan fingerprint density at radius 3 is 1.98 bits per heavy atom. The van der Waals surface area contributed by atoms with Crippen LogP contribution in [-0.4, -0.2) is 121 Å². The molecule has 1 aromatic carbocycles. The number of quaternary nitrogens is 1. The molecule has 0 aromatic heterocycles. The molecule has 2 rings (SSSR count). The van der Waals surface area contributed by atoms with Crippen LogP contribution in [0, 0.1) is 17.8 Å². The Balaban J connectivity index is 2.40. The van der Waals surface area contributed by atoms with Crippen molar-refractivity contribution in [2.24, 2.45) is 23.5 Å². The lowest BCUT2D eigenvalue weighted by Crippen LogP contribution is -3.15. The van der Waals surface area contributed by atoms with Crippen molar-refractivity contribution < 1.29 is 62.6 Å². The van der Waals surface area contributed by atoms with Crippen molar-refractivity contribution in [2.45, 2.75) is 129 Å². The summed E-state index contributed by atoms with van der Waals surface area (Å²) in [4.78, 5) is 119. The van der Waals surface area contributed by atoms with E-state index >= 15 is 0 Å². The summed E-state index contributed by atoms with van der Waals surface area (Å²) in [7, 11) is -3.53. The number of ether oxygens (including phenoxy) is 1. The average molecular weight is 895 g/mol. The van der Waals surface area contributed by atoms with Crippen LogP contribution in [-0.2, 0) is 54.1 Å². The third-order valence-electron chi connectivity index (χ3n) is 10.7. The van der Waals surface area contributed by atoms with Crippen molar-refractivity contribution >= 4 is 54.7 Å². The molecule has 348 valence electrons. The molecule has 1 fully saturated rings. The van der Waals surface area contributed by atoms with Gasteiger partial charge in [-0.15, -0.1) is 0 Å². The second kappa shape index (κ2) is 25.3. The highest BCUT2D eigenvalue weighted by Crippen LogP contribution is 2.40. The summed E-state index contributed by atoms with van der Waals surface area (Å²) >= 11 is 0. The number of esters is 1. The Hall–Kier alpha value is -4.91. The predicted octanol–water partition coefficient (Wildman–Crippen LogP) is -2.45. The SMILES string of the molecule is CC[C@H](C)[C@H](NC(=O)[C@@H]1CCC[NH+]1CP(=O)([O-])C(Cc1ccccc1)NC(=O)[C@H](CC(N)=O)NC(=O)[C@H](CC(C)C)NC(=O)[C@H](CO)NC(C)=O)C(=O)N[C@H](C(=O)OC)C(C)C. The van der Waals surface area contributed by atoms with Gasteiger partial charge in [0.1, 0.15) is 36.5 Å². The highest BCUT2D eigenvalue weighted by molar-refractivity contribution is 7.57. The zero-order valence-electron chi connectivity index (χ0n) is 37.0. The Morgan fingerprint density at radius 1 is 0.855 bits per heavy atom. The van der Waals surface area contributed by atoms with E-state index in [1.807, 2.05) is 6.92 Å². The lowest BCUT2D eigenvalue weighted by molar-refractivity contribution is -0.892. The van der Waals surface area contributed by atoms with Crippen LogP contribution in [0.3, 0.4) is 0 Å². The van der Waals surface area contributed by atoms with Crippen LogP contribution in [0.25, 0.3) is 0 Å². The number of hydrogen-bond acceptors (Lipinski definition) is 12. The molecule has 1 heterocycles. The number of benzene rings is 1. The van der Waals surface area contributed by atoms with Gasteiger partial charge in [0.05, 0.1) is 39.8 Å². The van der Waals surface area contributed by atoms with Gasteiger partial charge in [-0.05, 0) is 36.2 Å². The van der Waals surface area contributed by atoms with E-state index in [0.29, 0.717) is 29.7 Å². The fourth-order valence-corrected chi connectivity index (χ4v) is 9.10. The fourth-order valence-electron chi connectivity index (χ4n) is 7.12. The first-order valence-corrected chi connectivity index (χ1v) is 22.9. The van der Waals surface area contributed by atoms with E-state index in [1.54, 1.807) is 65.0 Å².